The number of rotatable bonds is 6. The van der Waals surface area contributed by atoms with Crippen molar-refractivity contribution in [2.24, 2.45) is 5.10 Å². The van der Waals surface area contributed by atoms with E-state index in [2.05, 4.69) is 15.8 Å². The van der Waals surface area contributed by atoms with Gasteiger partial charge in [-0.1, -0.05) is 42.5 Å². The number of carbonyl (C=O) groups excluding carboxylic acids is 2. The molecule has 0 saturated heterocycles. The molecule has 0 aromatic heterocycles. The van der Waals surface area contributed by atoms with Crippen LogP contribution in [0.15, 0.2) is 59.7 Å². The van der Waals surface area contributed by atoms with Crippen LogP contribution in [0.25, 0.3) is 0 Å². The molecule has 0 bridgehead atoms. The van der Waals surface area contributed by atoms with Gasteiger partial charge >= 0.3 is 0 Å². The van der Waals surface area contributed by atoms with Gasteiger partial charge in [-0.15, -0.1) is 0 Å². The molecule has 2 N–H and O–H groups in total. The molecule has 2 aromatic rings. The molecule has 118 valence electrons. The van der Waals surface area contributed by atoms with Gasteiger partial charge in [0.2, 0.25) is 11.8 Å². The molecule has 2 aromatic carbocycles. The zero-order chi connectivity index (χ0) is 16.5. The second-order valence-corrected chi connectivity index (χ2v) is 4.78. The first-order chi connectivity index (χ1) is 11.1. The molecule has 2 rings (SSSR count). The Morgan fingerprint density at radius 2 is 1.70 bits per heavy atom. The fourth-order valence-corrected chi connectivity index (χ4v) is 1.77. The van der Waals surface area contributed by atoms with Crippen LogP contribution in [0.3, 0.4) is 0 Å². The van der Waals surface area contributed by atoms with E-state index < -0.39 is 5.91 Å². The number of hydrogen-bond donors (Lipinski definition) is 2. The van der Waals surface area contributed by atoms with Gasteiger partial charge in [-0.25, -0.2) is 9.82 Å². The molecular formula is C17H16FN3O2. The fraction of sp³-hybridized carbons (Fsp3) is 0.118. The second kappa shape index (κ2) is 8.43. The van der Waals surface area contributed by atoms with E-state index in [1.165, 1.54) is 30.5 Å². The quantitative estimate of drug-likeness (QED) is 0.486. The molecule has 0 saturated carbocycles. The third-order valence-electron chi connectivity index (χ3n) is 2.93. The SMILES string of the molecule is O=C(CC(=O)NN=Cc1ccc(F)cc1)NCc1ccccc1. The van der Waals surface area contributed by atoms with Gasteiger partial charge in [0.05, 0.1) is 6.21 Å². The number of nitrogens with zero attached hydrogens (tertiary/aromatic N) is 1. The number of halogens is 1. The highest BCUT2D eigenvalue weighted by Crippen LogP contribution is 1.99. The minimum absolute atomic E-state index is 0.312. The lowest BCUT2D eigenvalue weighted by Crippen LogP contribution is -2.29. The summed E-state index contributed by atoms with van der Waals surface area (Å²) in [4.78, 5) is 23.2. The first kappa shape index (κ1) is 16.4. The van der Waals surface area contributed by atoms with E-state index in [-0.39, 0.29) is 18.1 Å². The Kier molecular flexibility index (Phi) is 5.99. The molecule has 0 aliphatic heterocycles. The second-order valence-electron chi connectivity index (χ2n) is 4.78. The Labute approximate surface area is 133 Å². The molecule has 0 aliphatic carbocycles. The zero-order valence-electron chi connectivity index (χ0n) is 12.3. The molecular weight excluding hydrogens is 297 g/mol. The van der Waals surface area contributed by atoms with Crippen molar-refractivity contribution in [2.45, 2.75) is 13.0 Å². The van der Waals surface area contributed by atoms with Crippen molar-refractivity contribution < 1.29 is 14.0 Å². The highest BCUT2D eigenvalue weighted by atomic mass is 19.1. The molecule has 0 aliphatic rings. The van der Waals surface area contributed by atoms with Crippen molar-refractivity contribution in [1.82, 2.24) is 10.7 Å². The fourth-order valence-electron chi connectivity index (χ4n) is 1.77. The summed E-state index contributed by atoms with van der Waals surface area (Å²) in [5.41, 5.74) is 3.84. The molecule has 23 heavy (non-hydrogen) atoms. The van der Waals surface area contributed by atoms with Gasteiger partial charge in [-0.2, -0.15) is 5.10 Å². The molecule has 0 unspecified atom stereocenters. The topological polar surface area (TPSA) is 70.6 Å². The largest absolute Gasteiger partial charge is 0.352 e. The average Bonchev–Trinajstić information content (AvgIpc) is 2.56. The van der Waals surface area contributed by atoms with Gasteiger partial charge in [0.15, 0.2) is 0 Å². The van der Waals surface area contributed by atoms with E-state index in [4.69, 9.17) is 0 Å². The molecule has 0 radical (unpaired) electrons. The Balaban J connectivity index is 1.71. The van der Waals surface area contributed by atoms with Gasteiger partial charge < -0.3 is 5.32 Å². The Bertz CT molecular complexity index is 685. The predicted octanol–water partition coefficient (Wildman–Crippen LogP) is 1.98. The van der Waals surface area contributed by atoms with E-state index in [1.54, 1.807) is 0 Å². The van der Waals surface area contributed by atoms with Crippen molar-refractivity contribution in [2.75, 3.05) is 0 Å². The number of amides is 2. The van der Waals surface area contributed by atoms with Crippen LogP contribution in [0.1, 0.15) is 17.5 Å². The first-order valence-electron chi connectivity index (χ1n) is 7.01. The highest BCUT2D eigenvalue weighted by Gasteiger charge is 2.08. The van der Waals surface area contributed by atoms with Crippen LogP contribution in [0.5, 0.6) is 0 Å². The van der Waals surface area contributed by atoms with Crippen molar-refractivity contribution in [1.29, 1.82) is 0 Å². The van der Waals surface area contributed by atoms with E-state index in [9.17, 15) is 14.0 Å². The van der Waals surface area contributed by atoms with Crippen LogP contribution in [0, 0.1) is 5.82 Å². The number of benzene rings is 2. The van der Waals surface area contributed by atoms with Crippen LogP contribution >= 0.6 is 0 Å². The van der Waals surface area contributed by atoms with E-state index in [0.717, 1.165) is 5.56 Å². The minimum atomic E-state index is -0.520. The van der Waals surface area contributed by atoms with E-state index in [0.29, 0.717) is 12.1 Å². The molecule has 5 nitrogen and oxygen atoms in total. The normalized spacial score (nSPS) is 10.5. The van der Waals surface area contributed by atoms with Crippen molar-refractivity contribution in [3.63, 3.8) is 0 Å². The van der Waals surface area contributed by atoms with Crippen molar-refractivity contribution in [3.05, 3.63) is 71.5 Å². The maximum absolute atomic E-state index is 12.7. The van der Waals surface area contributed by atoms with Crippen molar-refractivity contribution in [3.8, 4) is 0 Å². The number of nitrogens with one attached hydrogen (secondary N) is 2. The van der Waals surface area contributed by atoms with E-state index in [1.807, 2.05) is 30.3 Å². The number of hydrazone groups is 1. The summed E-state index contributed by atoms with van der Waals surface area (Å²) in [6.07, 6.45) is 1.06. The summed E-state index contributed by atoms with van der Waals surface area (Å²) in [5, 5.41) is 6.37. The van der Waals surface area contributed by atoms with Crippen LogP contribution < -0.4 is 10.7 Å². The maximum Gasteiger partial charge on any atom is 0.249 e. The van der Waals surface area contributed by atoms with E-state index >= 15 is 0 Å². The van der Waals surface area contributed by atoms with Gasteiger partial charge in [0, 0.05) is 6.54 Å². The number of hydrogen-bond acceptors (Lipinski definition) is 3. The summed E-state index contributed by atoms with van der Waals surface area (Å²) >= 11 is 0. The molecule has 0 fully saturated rings. The van der Waals surface area contributed by atoms with Crippen LogP contribution in [0.4, 0.5) is 4.39 Å². The standard InChI is InChI=1S/C17H16FN3O2/c18-15-8-6-14(7-9-15)12-20-21-17(23)10-16(22)19-11-13-4-2-1-3-5-13/h1-9,12H,10-11H2,(H,19,22)(H,21,23). The average molecular weight is 313 g/mol. The summed E-state index contributed by atoms with van der Waals surface area (Å²) in [5.74, 6) is -1.25. The highest BCUT2D eigenvalue weighted by molar-refractivity contribution is 5.97. The van der Waals surface area contributed by atoms with Gasteiger partial charge in [0.25, 0.3) is 0 Å². The Morgan fingerprint density at radius 3 is 2.39 bits per heavy atom. The monoisotopic (exact) mass is 313 g/mol. The van der Waals surface area contributed by atoms with Gasteiger partial charge in [0.1, 0.15) is 12.2 Å². The third kappa shape index (κ3) is 6.09. The molecule has 2 amide bonds. The smallest absolute Gasteiger partial charge is 0.249 e. The molecule has 0 heterocycles. The summed E-state index contributed by atoms with van der Waals surface area (Å²) < 4.78 is 12.7. The lowest BCUT2D eigenvalue weighted by molar-refractivity contribution is -0.129. The lowest BCUT2D eigenvalue weighted by Gasteiger charge is -2.04. The summed E-state index contributed by atoms with van der Waals surface area (Å²) in [7, 11) is 0. The van der Waals surface area contributed by atoms with Crippen LogP contribution in [0.2, 0.25) is 0 Å². The molecule has 6 heteroatoms. The Hall–Kier alpha value is -3.02. The maximum atomic E-state index is 12.7. The molecule has 0 spiro atoms. The Morgan fingerprint density at radius 1 is 1.00 bits per heavy atom. The third-order valence-corrected chi connectivity index (χ3v) is 2.93. The summed E-state index contributed by atoms with van der Waals surface area (Å²) in [6, 6.07) is 15.0. The predicted molar refractivity (Wildman–Crippen MR) is 85.0 cm³/mol. The minimum Gasteiger partial charge on any atom is -0.352 e. The lowest BCUT2D eigenvalue weighted by atomic mass is 10.2. The van der Waals surface area contributed by atoms with Gasteiger partial charge in [-0.3, -0.25) is 9.59 Å². The van der Waals surface area contributed by atoms with Crippen molar-refractivity contribution >= 4 is 18.0 Å². The first-order valence-corrected chi connectivity index (χ1v) is 7.01. The van der Waals surface area contributed by atoms with Crippen LogP contribution in [-0.4, -0.2) is 18.0 Å². The molecule has 0 atom stereocenters. The van der Waals surface area contributed by atoms with Crippen LogP contribution in [-0.2, 0) is 16.1 Å². The van der Waals surface area contributed by atoms with Gasteiger partial charge in [-0.05, 0) is 23.3 Å². The zero-order valence-corrected chi connectivity index (χ0v) is 12.3. The number of carbonyl (C=O) groups is 2. The summed E-state index contributed by atoms with van der Waals surface area (Å²) in [6.45, 7) is 0.367.